The molecule has 0 atom stereocenters. The Kier molecular flexibility index (Phi) is 6.82. The second-order valence-electron chi connectivity index (χ2n) is 5.57. The zero-order chi connectivity index (χ0) is 12.0. The van der Waals surface area contributed by atoms with Gasteiger partial charge in [-0.05, 0) is 27.2 Å². The predicted octanol–water partition coefficient (Wildman–Crippen LogP) is 2.22. The van der Waals surface area contributed by atoms with Gasteiger partial charge >= 0.3 is 5.97 Å². The molecule has 0 saturated carbocycles. The zero-order valence-corrected chi connectivity index (χ0v) is 10.7. The molecule has 3 nitrogen and oxygen atoms in total. The normalized spacial score (nSPS) is 11.6. The number of carboxylic acids is 1. The molecular formula is C11H26NO2+. The molecule has 14 heavy (non-hydrogen) atoms. The summed E-state index contributed by atoms with van der Waals surface area (Å²) in [5.74, 6) is -0.757. The summed E-state index contributed by atoms with van der Waals surface area (Å²) in [4.78, 5) is 10.0. The first kappa shape index (κ1) is 15.9. The summed E-state index contributed by atoms with van der Waals surface area (Å²) >= 11 is 0. The van der Waals surface area contributed by atoms with Crippen molar-refractivity contribution in [2.45, 2.75) is 34.1 Å². The second kappa shape index (κ2) is 6.02. The molecule has 0 aromatic rings. The van der Waals surface area contributed by atoms with Gasteiger partial charge in [0, 0.05) is 0 Å². The van der Waals surface area contributed by atoms with Crippen LogP contribution in [0.2, 0.25) is 0 Å². The Morgan fingerprint density at radius 1 is 1.21 bits per heavy atom. The Hall–Kier alpha value is -0.570. The number of quaternary nitrogens is 1. The second-order valence-corrected chi connectivity index (χ2v) is 5.57. The van der Waals surface area contributed by atoms with E-state index >= 15 is 0 Å². The molecular weight excluding hydrogens is 178 g/mol. The summed E-state index contributed by atoms with van der Waals surface area (Å²) in [5, 5.41) is 8.25. The minimum absolute atomic E-state index is 0.583. The fraction of sp³-hybridized carbons (Fsp3) is 0.909. The van der Waals surface area contributed by atoms with Crippen LogP contribution in [0.1, 0.15) is 34.1 Å². The number of carbonyl (C=O) groups is 1. The van der Waals surface area contributed by atoms with Gasteiger partial charge in [-0.2, -0.15) is 0 Å². The van der Waals surface area contributed by atoms with Crippen LogP contribution >= 0.6 is 0 Å². The van der Waals surface area contributed by atoms with Crippen LogP contribution in [0.25, 0.3) is 0 Å². The van der Waals surface area contributed by atoms with Crippen LogP contribution in [0.4, 0.5) is 0 Å². The molecule has 1 N–H and O–H groups in total. The topological polar surface area (TPSA) is 37.3 Å². The largest absolute Gasteiger partial charge is 0.481 e. The monoisotopic (exact) mass is 204 g/mol. The third kappa shape index (κ3) is 14.0. The van der Waals surface area contributed by atoms with Gasteiger partial charge in [0.05, 0.1) is 33.1 Å². The SMILES string of the molecule is CC(C)(C)C(=O)O.CCC[N+](C)(C)C. The van der Waals surface area contributed by atoms with Crippen LogP contribution in [-0.2, 0) is 4.79 Å². The van der Waals surface area contributed by atoms with Gasteiger partial charge in [0.15, 0.2) is 0 Å². The van der Waals surface area contributed by atoms with Crippen molar-refractivity contribution in [2.24, 2.45) is 5.41 Å². The third-order valence-corrected chi connectivity index (χ3v) is 1.54. The highest BCUT2D eigenvalue weighted by molar-refractivity contribution is 5.72. The highest BCUT2D eigenvalue weighted by Gasteiger charge is 2.18. The number of carboxylic acid groups (broad SMARTS) is 1. The molecule has 0 rings (SSSR count). The van der Waals surface area contributed by atoms with Gasteiger partial charge in [-0.1, -0.05) is 6.92 Å². The Bertz CT molecular complexity index is 163. The van der Waals surface area contributed by atoms with E-state index in [-0.39, 0.29) is 0 Å². The highest BCUT2D eigenvalue weighted by atomic mass is 16.4. The Balaban J connectivity index is 0. The van der Waals surface area contributed by atoms with Gasteiger partial charge in [0.1, 0.15) is 0 Å². The van der Waals surface area contributed by atoms with Crippen molar-refractivity contribution in [1.82, 2.24) is 0 Å². The van der Waals surface area contributed by atoms with E-state index < -0.39 is 11.4 Å². The van der Waals surface area contributed by atoms with Crippen LogP contribution in [0.15, 0.2) is 0 Å². The first-order chi connectivity index (χ1) is 6.00. The zero-order valence-electron chi connectivity index (χ0n) is 10.7. The molecule has 86 valence electrons. The van der Waals surface area contributed by atoms with Crippen molar-refractivity contribution >= 4 is 5.97 Å². The number of rotatable bonds is 2. The Morgan fingerprint density at radius 3 is 1.50 bits per heavy atom. The average molecular weight is 204 g/mol. The maximum Gasteiger partial charge on any atom is 0.308 e. The van der Waals surface area contributed by atoms with E-state index in [1.54, 1.807) is 20.8 Å². The molecule has 0 aromatic heterocycles. The quantitative estimate of drug-likeness (QED) is 0.700. The average Bonchev–Trinajstić information content (AvgIpc) is 1.82. The van der Waals surface area contributed by atoms with Crippen molar-refractivity contribution in [3.05, 3.63) is 0 Å². The van der Waals surface area contributed by atoms with Gasteiger partial charge in [0.25, 0.3) is 0 Å². The highest BCUT2D eigenvalue weighted by Crippen LogP contribution is 2.11. The summed E-state index contributed by atoms with van der Waals surface area (Å²) in [7, 11) is 6.64. The van der Waals surface area contributed by atoms with Gasteiger partial charge in [-0.15, -0.1) is 0 Å². The lowest BCUT2D eigenvalue weighted by atomic mass is 9.98. The Labute approximate surface area is 88.3 Å². The van der Waals surface area contributed by atoms with E-state index in [2.05, 4.69) is 28.1 Å². The van der Waals surface area contributed by atoms with Crippen LogP contribution in [0.5, 0.6) is 0 Å². The molecule has 0 aliphatic rings. The van der Waals surface area contributed by atoms with E-state index in [9.17, 15) is 4.79 Å². The third-order valence-electron chi connectivity index (χ3n) is 1.54. The number of aliphatic carboxylic acids is 1. The summed E-state index contributed by atoms with van der Waals surface area (Å²) in [6.07, 6.45) is 1.28. The molecule has 0 aromatic carbocycles. The molecule has 0 bridgehead atoms. The molecule has 0 unspecified atom stereocenters. The smallest absolute Gasteiger partial charge is 0.308 e. The minimum Gasteiger partial charge on any atom is -0.481 e. The van der Waals surface area contributed by atoms with E-state index in [1.165, 1.54) is 13.0 Å². The molecule has 0 aliphatic heterocycles. The van der Waals surface area contributed by atoms with Gasteiger partial charge < -0.3 is 9.59 Å². The van der Waals surface area contributed by atoms with Crippen molar-refractivity contribution in [3.8, 4) is 0 Å². The molecule has 0 fully saturated rings. The summed E-state index contributed by atoms with van der Waals surface area (Å²) in [6, 6.07) is 0. The summed E-state index contributed by atoms with van der Waals surface area (Å²) in [5.41, 5.74) is -0.583. The summed E-state index contributed by atoms with van der Waals surface area (Å²) in [6.45, 7) is 8.48. The summed E-state index contributed by atoms with van der Waals surface area (Å²) < 4.78 is 1.09. The first-order valence-corrected chi connectivity index (χ1v) is 5.04. The lowest BCUT2D eigenvalue weighted by Crippen LogP contribution is -2.34. The first-order valence-electron chi connectivity index (χ1n) is 5.04. The van der Waals surface area contributed by atoms with Crippen LogP contribution < -0.4 is 0 Å². The maximum absolute atomic E-state index is 10.0. The molecule has 0 saturated heterocycles. The standard InChI is InChI=1S/C6H16N.C5H10O2/c1-5-6-7(2,3)4;1-5(2,3)4(6)7/h5-6H2,1-4H3;1-3H3,(H,6,7)/q+1;. The molecule has 0 radical (unpaired) electrons. The lowest BCUT2D eigenvalue weighted by Gasteiger charge is -2.22. The fourth-order valence-corrected chi connectivity index (χ4v) is 0.671. The Morgan fingerprint density at radius 2 is 1.50 bits per heavy atom. The molecule has 3 heteroatoms. The molecule has 0 amide bonds. The van der Waals surface area contributed by atoms with Crippen molar-refractivity contribution in [3.63, 3.8) is 0 Å². The van der Waals surface area contributed by atoms with Gasteiger partial charge in [-0.25, -0.2) is 0 Å². The van der Waals surface area contributed by atoms with Crippen molar-refractivity contribution in [2.75, 3.05) is 27.7 Å². The van der Waals surface area contributed by atoms with E-state index in [0.717, 1.165) is 4.48 Å². The van der Waals surface area contributed by atoms with Gasteiger partial charge in [-0.3, -0.25) is 4.79 Å². The number of hydrogen-bond acceptors (Lipinski definition) is 1. The lowest BCUT2D eigenvalue weighted by molar-refractivity contribution is -0.870. The van der Waals surface area contributed by atoms with Crippen molar-refractivity contribution in [1.29, 1.82) is 0 Å². The molecule has 0 aliphatic carbocycles. The van der Waals surface area contributed by atoms with Crippen LogP contribution in [0.3, 0.4) is 0 Å². The minimum atomic E-state index is -0.757. The van der Waals surface area contributed by atoms with E-state index in [4.69, 9.17) is 5.11 Å². The predicted molar refractivity (Wildman–Crippen MR) is 60.3 cm³/mol. The van der Waals surface area contributed by atoms with E-state index in [1.807, 2.05) is 0 Å². The fourth-order valence-electron chi connectivity index (χ4n) is 0.671. The van der Waals surface area contributed by atoms with Gasteiger partial charge in [0.2, 0.25) is 0 Å². The number of hydrogen-bond donors (Lipinski definition) is 1. The molecule has 0 heterocycles. The maximum atomic E-state index is 10.0. The van der Waals surface area contributed by atoms with Crippen LogP contribution in [-0.4, -0.2) is 43.2 Å². The number of nitrogens with zero attached hydrogens (tertiary/aromatic N) is 1. The van der Waals surface area contributed by atoms with Crippen LogP contribution in [0, 0.1) is 5.41 Å². The van der Waals surface area contributed by atoms with E-state index in [0.29, 0.717) is 0 Å². The van der Waals surface area contributed by atoms with Crippen molar-refractivity contribution < 1.29 is 14.4 Å². The molecule has 0 spiro atoms.